The maximum absolute atomic E-state index is 13.5. The molecule has 0 fully saturated rings. The van der Waals surface area contributed by atoms with E-state index in [9.17, 15) is 14.3 Å². The van der Waals surface area contributed by atoms with Crippen LogP contribution in [0, 0.1) is 5.82 Å². The Balaban J connectivity index is 1.99. The summed E-state index contributed by atoms with van der Waals surface area (Å²) in [6.45, 7) is 0. The first-order valence-electron chi connectivity index (χ1n) is 9.74. The Morgan fingerprint density at radius 2 is 1.56 bits per heavy atom. The van der Waals surface area contributed by atoms with Gasteiger partial charge in [-0.1, -0.05) is 24.3 Å². The number of ether oxygens (including phenoxy) is 3. The molecule has 0 bridgehead atoms. The summed E-state index contributed by atoms with van der Waals surface area (Å²) in [5.74, 6) is 0.402. The van der Waals surface area contributed by atoms with E-state index in [-0.39, 0.29) is 11.3 Å². The number of rotatable bonds is 8. The SMILES string of the molecule is COc1ccc(/C=C/c2cc(OC)cc(OC)c2/C=C/C(=O)c2cc(F)ccc2O)cc1. The number of carbonyl (C=O) groups excluding carboxylic acids is 1. The number of ketones is 1. The van der Waals surface area contributed by atoms with Crippen molar-refractivity contribution in [3.63, 3.8) is 0 Å². The Bertz CT molecular complexity index is 1160. The Hall–Kier alpha value is -4.06. The zero-order chi connectivity index (χ0) is 23.1. The first-order chi connectivity index (χ1) is 15.4. The van der Waals surface area contributed by atoms with Gasteiger partial charge in [0.1, 0.15) is 28.8 Å². The Kier molecular flexibility index (Phi) is 7.29. The summed E-state index contributed by atoms with van der Waals surface area (Å²) in [6, 6.07) is 14.3. The fourth-order valence-corrected chi connectivity index (χ4v) is 3.08. The molecule has 0 aliphatic carbocycles. The van der Waals surface area contributed by atoms with Crippen LogP contribution in [0.2, 0.25) is 0 Å². The van der Waals surface area contributed by atoms with Crippen molar-refractivity contribution in [1.82, 2.24) is 0 Å². The third-order valence-electron chi connectivity index (χ3n) is 4.80. The van der Waals surface area contributed by atoms with Crippen LogP contribution in [0.4, 0.5) is 4.39 Å². The molecule has 0 atom stereocenters. The number of carbonyl (C=O) groups is 1. The first kappa shape index (κ1) is 22.6. The second kappa shape index (κ2) is 10.3. The van der Waals surface area contributed by atoms with Gasteiger partial charge in [-0.05, 0) is 59.7 Å². The van der Waals surface area contributed by atoms with Crippen molar-refractivity contribution >= 4 is 24.0 Å². The van der Waals surface area contributed by atoms with Gasteiger partial charge in [0, 0.05) is 11.6 Å². The topological polar surface area (TPSA) is 65.0 Å². The molecule has 1 N–H and O–H groups in total. The summed E-state index contributed by atoms with van der Waals surface area (Å²) >= 11 is 0. The second-order valence-electron chi connectivity index (χ2n) is 6.80. The Morgan fingerprint density at radius 1 is 0.844 bits per heavy atom. The third-order valence-corrected chi connectivity index (χ3v) is 4.80. The van der Waals surface area contributed by atoms with E-state index in [0.29, 0.717) is 17.1 Å². The average molecular weight is 434 g/mol. The number of phenolic OH excluding ortho intramolecular Hbond substituents is 1. The van der Waals surface area contributed by atoms with Crippen molar-refractivity contribution in [2.24, 2.45) is 0 Å². The van der Waals surface area contributed by atoms with Gasteiger partial charge >= 0.3 is 0 Å². The number of aromatic hydroxyl groups is 1. The second-order valence-corrected chi connectivity index (χ2v) is 6.80. The lowest BCUT2D eigenvalue weighted by atomic mass is 10.0. The highest BCUT2D eigenvalue weighted by Crippen LogP contribution is 2.32. The van der Waals surface area contributed by atoms with Crippen LogP contribution >= 0.6 is 0 Å². The molecule has 0 aliphatic heterocycles. The van der Waals surface area contributed by atoms with Gasteiger partial charge in [0.25, 0.3) is 0 Å². The van der Waals surface area contributed by atoms with E-state index in [1.165, 1.54) is 13.2 Å². The Morgan fingerprint density at radius 3 is 2.22 bits per heavy atom. The molecule has 3 rings (SSSR count). The fraction of sp³-hybridized carbons (Fsp3) is 0.115. The van der Waals surface area contributed by atoms with Gasteiger partial charge < -0.3 is 19.3 Å². The normalized spacial score (nSPS) is 11.1. The van der Waals surface area contributed by atoms with E-state index in [1.54, 1.807) is 26.4 Å². The highest BCUT2D eigenvalue weighted by Gasteiger charge is 2.12. The number of halogens is 1. The summed E-state index contributed by atoms with van der Waals surface area (Å²) in [5, 5.41) is 9.89. The minimum atomic E-state index is -0.607. The molecular formula is C26H23FO5. The van der Waals surface area contributed by atoms with Gasteiger partial charge in [0.2, 0.25) is 0 Å². The van der Waals surface area contributed by atoms with Gasteiger partial charge in [-0.15, -0.1) is 0 Å². The molecule has 6 heteroatoms. The van der Waals surface area contributed by atoms with E-state index < -0.39 is 11.6 Å². The van der Waals surface area contributed by atoms with E-state index in [2.05, 4.69) is 0 Å². The molecule has 0 amide bonds. The zero-order valence-corrected chi connectivity index (χ0v) is 18.0. The fourth-order valence-electron chi connectivity index (χ4n) is 3.08. The predicted molar refractivity (Wildman–Crippen MR) is 123 cm³/mol. The van der Waals surface area contributed by atoms with Crippen LogP contribution in [0.15, 0.2) is 60.7 Å². The van der Waals surface area contributed by atoms with E-state index in [0.717, 1.165) is 35.1 Å². The maximum atomic E-state index is 13.5. The molecule has 0 unspecified atom stereocenters. The molecule has 164 valence electrons. The number of allylic oxidation sites excluding steroid dienone is 1. The first-order valence-corrected chi connectivity index (χ1v) is 9.74. The average Bonchev–Trinajstić information content (AvgIpc) is 2.82. The highest BCUT2D eigenvalue weighted by atomic mass is 19.1. The van der Waals surface area contributed by atoms with Crippen LogP contribution in [0.25, 0.3) is 18.2 Å². The molecule has 0 aliphatic rings. The highest BCUT2D eigenvalue weighted by molar-refractivity contribution is 6.09. The maximum Gasteiger partial charge on any atom is 0.189 e. The number of methoxy groups -OCH3 is 3. The van der Waals surface area contributed by atoms with Crippen LogP contribution in [0.1, 0.15) is 27.0 Å². The van der Waals surface area contributed by atoms with Gasteiger partial charge in [-0.3, -0.25) is 4.79 Å². The predicted octanol–water partition coefficient (Wildman–Crippen LogP) is 5.62. The minimum absolute atomic E-state index is 0.121. The largest absolute Gasteiger partial charge is 0.507 e. The summed E-state index contributed by atoms with van der Waals surface area (Å²) < 4.78 is 29.5. The number of benzene rings is 3. The summed E-state index contributed by atoms with van der Waals surface area (Å²) in [4.78, 5) is 12.6. The van der Waals surface area contributed by atoms with Crippen LogP contribution in [0.3, 0.4) is 0 Å². The van der Waals surface area contributed by atoms with Gasteiger partial charge in [-0.25, -0.2) is 4.39 Å². The van der Waals surface area contributed by atoms with Crippen LogP contribution in [-0.4, -0.2) is 32.2 Å². The molecular weight excluding hydrogens is 411 g/mol. The molecule has 0 saturated carbocycles. The third kappa shape index (κ3) is 5.35. The van der Waals surface area contributed by atoms with Crippen LogP contribution in [0.5, 0.6) is 23.0 Å². The lowest BCUT2D eigenvalue weighted by Gasteiger charge is -2.12. The smallest absolute Gasteiger partial charge is 0.189 e. The summed E-state index contributed by atoms with van der Waals surface area (Å²) in [7, 11) is 4.68. The van der Waals surface area contributed by atoms with Crippen molar-refractivity contribution in [3.05, 3.63) is 88.7 Å². The van der Waals surface area contributed by atoms with Crippen molar-refractivity contribution in [2.45, 2.75) is 0 Å². The molecule has 3 aromatic carbocycles. The lowest BCUT2D eigenvalue weighted by molar-refractivity contribution is 0.104. The lowest BCUT2D eigenvalue weighted by Crippen LogP contribution is -1.97. The van der Waals surface area contributed by atoms with Crippen molar-refractivity contribution in [3.8, 4) is 23.0 Å². The summed E-state index contributed by atoms with van der Waals surface area (Å²) in [5.41, 5.74) is 2.19. The van der Waals surface area contributed by atoms with Crippen molar-refractivity contribution in [2.75, 3.05) is 21.3 Å². The van der Waals surface area contributed by atoms with E-state index in [1.807, 2.05) is 42.5 Å². The molecule has 0 radical (unpaired) electrons. The quantitative estimate of drug-likeness (QED) is 0.283. The number of hydrogen-bond donors (Lipinski definition) is 1. The van der Waals surface area contributed by atoms with E-state index in [4.69, 9.17) is 14.2 Å². The van der Waals surface area contributed by atoms with Crippen molar-refractivity contribution < 1.29 is 28.5 Å². The van der Waals surface area contributed by atoms with Gasteiger partial charge in [-0.2, -0.15) is 0 Å². The van der Waals surface area contributed by atoms with Gasteiger partial charge in [0.15, 0.2) is 5.78 Å². The standard InChI is InChI=1S/C26H23FO5/c1-30-20-9-5-17(6-10-20)4-7-18-14-21(31-2)16-26(32-3)22(18)11-13-25(29)23-15-19(27)8-12-24(23)28/h4-16,28H,1-3H3/b7-4+,13-11+. The Labute approximate surface area is 186 Å². The molecule has 32 heavy (non-hydrogen) atoms. The zero-order valence-electron chi connectivity index (χ0n) is 18.0. The number of phenols is 1. The van der Waals surface area contributed by atoms with Crippen LogP contribution < -0.4 is 14.2 Å². The minimum Gasteiger partial charge on any atom is -0.507 e. The molecule has 0 aromatic heterocycles. The molecule has 0 spiro atoms. The summed E-state index contributed by atoms with van der Waals surface area (Å²) in [6.07, 6.45) is 6.62. The van der Waals surface area contributed by atoms with Crippen LogP contribution in [-0.2, 0) is 0 Å². The molecule has 3 aromatic rings. The molecule has 5 nitrogen and oxygen atoms in total. The molecule has 0 saturated heterocycles. The van der Waals surface area contributed by atoms with Gasteiger partial charge in [0.05, 0.1) is 26.9 Å². The van der Waals surface area contributed by atoms with Crippen molar-refractivity contribution in [1.29, 1.82) is 0 Å². The monoisotopic (exact) mass is 434 g/mol. The molecule has 0 heterocycles. The van der Waals surface area contributed by atoms with E-state index >= 15 is 0 Å². The number of hydrogen-bond acceptors (Lipinski definition) is 5.